The molecule has 2 amide bonds. The molecule has 1 unspecified atom stereocenters. The Morgan fingerprint density at radius 3 is 2.65 bits per heavy atom. The van der Waals surface area contributed by atoms with Crippen LogP contribution in [0.25, 0.3) is 0 Å². The molecule has 0 saturated carbocycles. The fourth-order valence-corrected chi connectivity index (χ4v) is 1.28. The smallest absolute Gasteiger partial charge is 0.318 e. The zero-order valence-electron chi connectivity index (χ0n) is 10.4. The molecule has 0 fully saturated rings. The normalized spacial score (nSPS) is 11.4. The molecule has 5 nitrogen and oxygen atoms in total. The number of nitrogens with zero attached hydrogens (tertiary/aromatic N) is 1. The number of carbonyl (C=O) groups is 2. The van der Waals surface area contributed by atoms with Crippen molar-refractivity contribution in [2.75, 3.05) is 19.6 Å². The standard InChI is InChI=1S/C12H20N2O3/c1-4-8-14(5-2)12(17)13-9-10(3)6-7-11(15)16/h1,10H,5-9H2,2-3H3,(H,13,17)(H,15,16). The second-order valence-corrected chi connectivity index (χ2v) is 3.94. The van der Waals surface area contributed by atoms with E-state index in [0.29, 0.717) is 19.5 Å². The Bertz CT molecular complexity index is 297. The number of hydrogen-bond acceptors (Lipinski definition) is 2. The fourth-order valence-electron chi connectivity index (χ4n) is 1.28. The number of nitrogens with one attached hydrogen (secondary N) is 1. The predicted molar refractivity (Wildman–Crippen MR) is 65.5 cm³/mol. The number of amides is 2. The van der Waals surface area contributed by atoms with Crippen LogP contribution in [0.5, 0.6) is 0 Å². The van der Waals surface area contributed by atoms with Crippen molar-refractivity contribution in [3.8, 4) is 12.3 Å². The molecule has 0 radical (unpaired) electrons. The van der Waals surface area contributed by atoms with Crippen LogP contribution in [0.4, 0.5) is 4.79 Å². The van der Waals surface area contributed by atoms with Gasteiger partial charge >= 0.3 is 12.0 Å². The van der Waals surface area contributed by atoms with Gasteiger partial charge in [0.05, 0.1) is 6.54 Å². The van der Waals surface area contributed by atoms with Crippen LogP contribution in [0.3, 0.4) is 0 Å². The van der Waals surface area contributed by atoms with Crippen molar-refractivity contribution >= 4 is 12.0 Å². The molecule has 0 aromatic rings. The molecular weight excluding hydrogens is 220 g/mol. The summed E-state index contributed by atoms with van der Waals surface area (Å²) >= 11 is 0. The van der Waals surface area contributed by atoms with Crippen LogP contribution in [-0.2, 0) is 4.79 Å². The molecule has 0 bridgehead atoms. The van der Waals surface area contributed by atoms with Gasteiger partial charge in [0.25, 0.3) is 0 Å². The van der Waals surface area contributed by atoms with Gasteiger partial charge in [0.15, 0.2) is 0 Å². The van der Waals surface area contributed by atoms with E-state index in [1.54, 1.807) is 0 Å². The molecule has 5 heteroatoms. The minimum Gasteiger partial charge on any atom is -0.481 e. The average Bonchev–Trinajstić information content (AvgIpc) is 2.30. The molecule has 96 valence electrons. The SMILES string of the molecule is C#CCN(CC)C(=O)NCC(C)CCC(=O)O. The lowest BCUT2D eigenvalue weighted by atomic mass is 10.1. The van der Waals surface area contributed by atoms with E-state index in [0.717, 1.165) is 0 Å². The van der Waals surface area contributed by atoms with Gasteiger partial charge in [-0.2, -0.15) is 0 Å². The zero-order chi connectivity index (χ0) is 13.3. The third-order valence-corrected chi connectivity index (χ3v) is 2.40. The van der Waals surface area contributed by atoms with Crippen LogP contribution in [0.1, 0.15) is 26.7 Å². The zero-order valence-corrected chi connectivity index (χ0v) is 10.4. The Kier molecular flexibility index (Phi) is 7.61. The summed E-state index contributed by atoms with van der Waals surface area (Å²) in [6.45, 7) is 5.06. The number of hydrogen-bond donors (Lipinski definition) is 2. The maximum Gasteiger partial charge on any atom is 0.318 e. The molecule has 0 spiro atoms. The van der Waals surface area contributed by atoms with Gasteiger partial charge in [-0.05, 0) is 19.3 Å². The van der Waals surface area contributed by atoms with Gasteiger partial charge in [-0.15, -0.1) is 6.42 Å². The van der Waals surface area contributed by atoms with Gasteiger partial charge in [0.2, 0.25) is 0 Å². The van der Waals surface area contributed by atoms with Gasteiger partial charge < -0.3 is 15.3 Å². The van der Waals surface area contributed by atoms with Gasteiger partial charge in [-0.3, -0.25) is 4.79 Å². The molecule has 0 aliphatic heterocycles. The summed E-state index contributed by atoms with van der Waals surface area (Å²) in [6.07, 6.45) is 5.82. The highest BCUT2D eigenvalue weighted by Gasteiger charge is 2.11. The van der Waals surface area contributed by atoms with E-state index < -0.39 is 5.97 Å². The molecule has 0 aliphatic carbocycles. The van der Waals surface area contributed by atoms with Crippen molar-refractivity contribution < 1.29 is 14.7 Å². The van der Waals surface area contributed by atoms with Gasteiger partial charge in [-0.1, -0.05) is 12.8 Å². The lowest BCUT2D eigenvalue weighted by Crippen LogP contribution is -2.41. The number of terminal acetylenes is 1. The minimum atomic E-state index is -0.814. The number of carboxylic acid groups (broad SMARTS) is 1. The number of urea groups is 1. The Morgan fingerprint density at radius 1 is 1.53 bits per heavy atom. The molecule has 2 N–H and O–H groups in total. The highest BCUT2D eigenvalue weighted by atomic mass is 16.4. The van der Waals surface area contributed by atoms with E-state index in [-0.39, 0.29) is 24.9 Å². The highest BCUT2D eigenvalue weighted by Crippen LogP contribution is 2.04. The van der Waals surface area contributed by atoms with E-state index in [1.165, 1.54) is 4.90 Å². The minimum absolute atomic E-state index is 0.124. The largest absolute Gasteiger partial charge is 0.481 e. The maximum absolute atomic E-state index is 11.6. The van der Waals surface area contributed by atoms with Crippen molar-refractivity contribution in [1.82, 2.24) is 10.2 Å². The van der Waals surface area contributed by atoms with E-state index >= 15 is 0 Å². The van der Waals surface area contributed by atoms with Gasteiger partial charge in [0.1, 0.15) is 0 Å². The molecule has 0 saturated heterocycles. The van der Waals surface area contributed by atoms with Crippen molar-refractivity contribution in [2.45, 2.75) is 26.7 Å². The van der Waals surface area contributed by atoms with Crippen LogP contribution >= 0.6 is 0 Å². The predicted octanol–water partition coefficient (Wildman–Crippen LogP) is 1.15. The first-order valence-corrected chi connectivity index (χ1v) is 5.69. The lowest BCUT2D eigenvalue weighted by molar-refractivity contribution is -0.137. The van der Waals surface area contributed by atoms with E-state index in [9.17, 15) is 9.59 Å². The number of rotatable bonds is 7. The molecule has 0 aromatic carbocycles. The summed E-state index contributed by atoms with van der Waals surface area (Å²) in [5.74, 6) is 1.74. The van der Waals surface area contributed by atoms with Crippen LogP contribution in [0.2, 0.25) is 0 Å². The summed E-state index contributed by atoms with van der Waals surface area (Å²) in [4.78, 5) is 23.5. The van der Waals surface area contributed by atoms with Crippen molar-refractivity contribution in [3.63, 3.8) is 0 Å². The fraction of sp³-hybridized carbons (Fsp3) is 0.667. The number of carbonyl (C=O) groups excluding carboxylic acids is 1. The van der Waals surface area contributed by atoms with E-state index in [2.05, 4.69) is 11.2 Å². The summed E-state index contributed by atoms with van der Waals surface area (Å²) in [6, 6.07) is -0.201. The van der Waals surface area contributed by atoms with Crippen molar-refractivity contribution in [1.29, 1.82) is 0 Å². The van der Waals surface area contributed by atoms with Crippen LogP contribution in [0.15, 0.2) is 0 Å². The van der Waals surface area contributed by atoms with Crippen LogP contribution in [0, 0.1) is 18.3 Å². The highest BCUT2D eigenvalue weighted by molar-refractivity contribution is 5.74. The quantitative estimate of drug-likeness (QED) is 0.656. The molecule has 0 heterocycles. The second kappa shape index (κ2) is 8.45. The van der Waals surface area contributed by atoms with Gasteiger partial charge in [0, 0.05) is 19.5 Å². The Labute approximate surface area is 102 Å². The van der Waals surface area contributed by atoms with E-state index in [1.807, 2.05) is 13.8 Å². The van der Waals surface area contributed by atoms with Crippen molar-refractivity contribution in [3.05, 3.63) is 0 Å². The first-order chi connectivity index (χ1) is 8.01. The third-order valence-electron chi connectivity index (χ3n) is 2.40. The average molecular weight is 240 g/mol. The summed E-state index contributed by atoms with van der Waals surface area (Å²) in [7, 11) is 0. The Hall–Kier alpha value is -1.70. The van der Waals surface area contributed by atoms with Crippen LogP contribution < -0.4 is 5.32 Å². The number of carboxylic acids is 1. The Morgan fingerprint density at radius 2 is 2.18 bits per heavy atom. The molecule has 1 atom stereocenters. The molecular formula is C12H20N2O3. The monoisotopic (exact) mass is 240 g/mol. The summed E-state index contributed by atoms with van der Waals surface area (Å²) in [5, 5.41) is 11.3. The third kappa shape index (κ3) is 7.23. The maximum atomic E-state index is 11.6. The molecule has 0 aromatic heterocycles. The summed E-state index contributed by atoms with van der Waals surface area (Å²) < 4.78 is 0. The Balaban J connectivity index is 3.89. The first-order valence-electron chi connectivity index (χ1n) is 5.69. The topological polar surface area (TPSA) is 69.6 Å². The van der Waals surface area contributed by atoms with Crippen molar-refractivity contribution in [2.24, 2.45) is 5.92 Å². The first kappa shape index (κ1) is 15.3. The summed E-state index contributed by atoms with van der Waals surface area (Å²) in [5.41, 5.74) is 0. The lowest BCUT2D eigenvalue weighted by Gasteiger charge is -2.20. The van der Waals surface area contributed by atoms with Crippen LogP contribution in [-0.4, -0.2) is 41.6 Å². The number of aliphatic carboxylic acids is 1. The molecule has 17 heavy (non-hydrogen) atoms. The molecule has 0 aliphatic rings. The molecule has 0 rings (SSSR count). The van der Waals surface area contributed by atoms with Gasteiger partial charge in [-0.25, -0.2) is 4.79 Å². The van der Waals surface area contributed by atoms with E-state index in [4.69, 9.17) is 11.5 Å². The second-order valence-electron chi connectivity index (χ2n) is 3.94.